The van der Waals surface area contributed by atoms with Crippen molar-refractivity contribution in [3.8, 4) is 5.75 Å². The Morgan fingerprint density at radius 1 is 1.13 bits per heavy atom. The molecule has 1 heterocycles. The molecule has 4 nitrogen and oxygen atoms in total. The number of anilines is 1. The number of nitrogens with two attached hydrogens (primary N) is 1. The number of hydrogen-bond acceptors (Lipinski definition) is 4. The molecule has 0 saturated heterocycles. The number of aromatic nitrogens is 2. The van der Waals surface area contributed by atoms with Crippen molar-refractivity contribution in [2.75, 3.05) is 5.73 Å². The van der Waals surface area contributed by atoms with E-state index in [-0.39, 0.29) is 0 Å². The zero-order chi connectivity index (χ0) is 10.5. The SMILES string of the molecule is Nc1ccnc(COc2ccccc2)n1. The van der Waals surface area contributed by atoms with Crippen molar-refractivity contribution in [3.05, 3.63) is 48.4 Å². The van der Waals surface area contributed by atoms with Crippen molar-refractivity contribution in [1.29, 1.82) is 0 Å². The molecule has 1 aromatic carbocycles. The Kier molecular flexibility index (Phi) is 2.78. The smallest absolute Gasteiger partial charge is 0.168 e. The van der Waals surface area contributed by atoms with Gasteiger partial charge in [-0.25, -0.2) is 9.97 Å². The summed E-state index contributed by atoms with van der Waals surface area (Å²) in [6.45, 7) is 0.328. The van der Waals surface area contributed by atoms with Gasteiger partial charge < -0.3 is 10.5 Å². The Hall–Kier alpha value is -2.10. The summed E-state index contributed by atoms with van der Waals surface area (Å²) in [5, 5.41) is 0. The molecule has 2 N–H and O–H groups in total. The topological polar surface area (TPSA) is 61.0 Å². The van der Waals surface area contributed by atoms with Crippen LogP contribution in [0.1, 0.15) is 5.82 Å². The van der Waals surface area contributed by atoms with Crippen LogP contribution >= 0.6 is 0 Å². The van der Waals surface area contributed by atoms with Crippen LogP contribution in [-0.2, 0) is 6.61 Å². The molecular formula is C11H11N3O. The first-order valence-corrected chi connectivity index (χ1v) is 4.60. The first kappa shape index (κ1) is 9.45. The normalized spacial score (nSPS) is 9.87. The van der Waals surface area contributed by atoms with E-state index in [9.17, 15) is 0 Å². The van der Waals surface area contributed by atoms with Crippen LogP contribution in [-0.4, -0.2) is 9.97 Å². The summed E-state index contributed by atoms with van der Waals surface area (Å²) in [5.41, 5.74) is 5.52. The maximum absolute atomic E-state index is 5.52. The first-order chi connectivity index (χ1) is 7.34. The Morgan fingerprint density at radius 3 is 2.67 bits per heavy atom. The largest absolute Gasteiger partial charge is 0.486 e. The van der Waals surface area contributed by atoms with Crippen LogP contribution in [0, 0.1) is 0 Å². The molecular weight excluding hydrogens is 190 g/mol. The minimum absolute atomic E-state index is 0.328. The standard InChI is InChI=1S/C11H11N3O/c12-10-6-7-13-11(14-10)8-15-9-4-2-1-3-5-9/h1-7H,8H2,(H2,12,13,14). The molecule has 1 aromatic heterocycles. The summed E-state index contributed by atoms with van der Waals surface area (Å²) in [5.74, 6) is 1.83. The number of hydrogen-bond donors (Lipinski definition) is 1. The first-order valence-electron chi connectivity index (χ1n) is 4.60. The highest BCUT2D eigenvalue weighted by Crippen LogP contribution is 2.10. The van der Waals surface area contributed by atoms with Crippen LogP contribution in [0.5, 0.6) is 5.75 Å². The molecule has 0 aliphatic heterocycles. The van der Waals surface area contributed by atoms with Gasteiger partial charge in [-0.15, -0.1) is 0 Å². The van der Waals surface area contributed by atoms with Gasteiger partial charge in [0, 0.05) is 6.20 Å². The average molecular weight is 201 g/mol. The van der Waals surface area contributed by atoms with Crippen molar-refractivity contribution in [2.24, 2.45) is 0 Å². The van der Waals surface area contributed by atoms with Gasteiger partial charge in [-0.3, -0.25) is 0 Å². The summed E-state index contributed by atoms with van der Waals surface area (Å²) < 4.78 is 5.47. The number of nitrogens with zero attached hydrogens (tertiary/aromatic N) is 2. The molecule has 2 aromatic rings. The van der Waals surface area contributed by atoms with Crippen molar-refractivity contribution in [2.45, 2.75) is 6.61 Å². The van der Waals surface area contributed by atoms with E-state index in [1.54, 1.807) is 12.3 Å². The molecule has 0 spiro atoms. The van der Waals surface area contributed by atoms with Gasteiger partial charge in [0.15, 0.2) is 5.82 Å². The van der Waals surface area contributed by atoms with E-state index in [4.69, 9.17) is 10.5 Å². The van der Waals surface area contributed by atoms with E-state index >= 15 is 0 Å². The fraction of sp³-hybridized carbons (Fsp3) is 0.0909. The number of rotatable bonds is 3. The Bertz CT molecular complexity index is 431. The molecule has 0 unspecified atom stereocenters. The van der Waals surface area contributed by atoms with Gasteiger partial charge in [0.2, 0.25) is 0 Å². The van der Waals surface area contributed by atoms with Crippen LogP contribution in [0.25, 0.3) is 0 Å². The molecule has 0 aliphatic carbocycles. The van der Waals surface area contributed by atoms with Gasteiger partial charge in [0.05, 0.1) is 0 Å². The monoisotopic (exact) mass is 201 g/mol. The van der Waals surface area contributed by atoms with E-state index in [1.807, 2.05) is 30.3 Å². The lowest BCUT2D eigenvalue weighted by Gasteiger charge is -2.04. The van der Waals surface area contributed by atoms with E-state index in [2.05, 4.69) is 9.97 Å². The minimum atomic E-state index is 0.328. The molecule has 0 atom stereocenters. The third kappa shape index (κ3) is 2.67. The lowest BCUT2D eigenvalue weighted by Crippen LogP contribution is -2.03. The molecule has 4 heteroatoms. The quantitative estimate of drug-likeness (QED) is 0.820. The van der Waals surface area contributed by atoms with Gasteiger partial charge in [-0.1, -0.05) is 18.2 Å². The molecule has 76 valence electrons. The third-order valence-electron chi connectivity index (χ3n) is 1.84. The van der Waals surface area contributed by atoms with E-state index < -0.39 is 0 Å². The molecule has 0 bridgehead atoms. The Balaban J connectivity index is 1.99. The zero-order valence-corrected chi connectivity index (χ0v) is 8.13. The second-order valence-corrected chi connectivity index (χ2v) is 3.00. The second kappa shape index (κ2) is 4.41. The minimum Gasteiger partial charge on any atom is -0.486 e. The summed E-state index contributed by atoms with van der Waals surface area (Å²) in [6.07, 6.45) is 1.62. The van der Waals surface area contributed by atoms with Crippen molar-refractivity contribution < 1.29 is 4.74 Å². The van der Waals surface area contributed by atoms with Gasteiger partial charge in [0.1, 0.15) is 18.2 Å². The highest BCUT2D eigenvalue weighted by Gasteiger charge is 1.98. The summed E-state index contributed by atoms with van der Waals surface area (Å²) >= 11 is 0. The fourth-order valence-corrected chi connectivity index (χ4v) is 1.15. The molecule has 2 rings (SSSR count). The van der Waals surface area contributed by atoms with Gasteiger partial charge in [-0.2, -0.15) is 0 Å². The number of ether oxygens (including phenoxy) is 1. The van der Waals surface area contributed by atoms with Crippen LogP contribution in [0.2, 0.25) is 0 Å². The maximum Gasteiger partial charge on any atom is 0.168 e. The molecule has 0 saturated carbocycles. The van der Waals surface area contributed by atoms with Crippen LogP contribution < -0.4 is 10.5 Å². The zero-order valence-electron chi connectivity index (χ0n) is 8.13. The predicted molar refractivity (Wildman–Crippen MR) is 57.2 cm³/mol. The van der Waals surface area contributed by atoms with E-state index in [1.165, 1.54) is 0 Å². The van der Waals surface area contributed by atoms with Gasteiger partial charge in [0.25, 0.3) is 0 Å². The molecule has 0 fully saturated rings. The Labute approximate surface area is 87.7 Å². The molecule has 0 aliphatic rings. The molecule has 0 radical (unpaired) electrons. The van der Waals surface area contributed by atoms with Crippen LogP contribution in [0.3, 0.4) is 0 Å². The summed E-state index contributed by atoms with van der Waals surface area (Å²) in [7, 11) is 0. The Morgan fingerprint density at radius 2 is 1.93 bits per heavy atom. The van der Waals surface area contributed by atoms with Crippen LogP contribution in [0.15, 0.2) is 42.6 Å². The van der Waals surface area contributed by atoms with Crippen molar-refractivity contribution >= 4 is 5.82 Å². The second-order valence-electron chi connectivity index (χ2n) is 3.00. The predicted octanol–water partition coefficient (Wildman–Crippen LogP) is 1.64. The summed E-state index contributed by atoms with van der Waals surface area (Å²) in [4.78, 5) is 8.07. The maximum atomic E-state index is 5.52. The third-order valence-corrected chi connectivity index (χ3v) is 1.84. The molecule has 15 heavy (non-hydrogen) atoms. The lowest BCUT2D eigenvalue weighted by atomic mass is 10.3. The number of nitrogen functional groups attached to an aromatic ring is 1. The van der Waals surface area contributed by atoms with Gasteiger partial charge >= 0.3 is 0 Å². The number of benzene rings is 1. The number of para-hydroxylation sites is 1. The van der Waals surface area contributed by atoms with Crippen molar-refractivity contribution in [1.82, 2.24) is 9.97 Å². The van der Waals surface area contributed by atoms with Crippen LogP contribution in [0.4, 0.5) is 5.82 Å². The summed E-state index contributed by atoms with van der Waals surface area (Å²) in [6, 6.07) is 11.2. The van der Waals surface area contributed by atoms with E-state index in [0.29, 0.717) is 18.2 Å². The average Bonchev–Trinajstić information content (AvgIpc) is 2.28. The van der Waals surface area contributed by atoms with Gasteiger partial charge in [-0.05, 0) is 18.2 Å². The highest BCUT2D eigenvalue weighted by molar-refractivity contribution is 5.25. The highest BCUT2D eigenvalue weighted by atomic mass is 16.5. The lowest BCUT2D eigenvalue weighted by molar-refractivity contribution is 0.296. The fourth-order valence-electron chi connectivity index (χ4n) is 1.15. The van der Waals surface area contributed by atoms with Crippen molar-refractivity contribution in [3.63, 3.8) is 0 Å². The molecule has 0 amide bonds. The van der Waals surface area contributed by atoms with E-state index in [0.717, 1.165) is 5.75 Å².